The van der Waals surface area contributed by atoms with E-state index in [0.29, 0.717) is 22.7 Å². The van der Waals surface area contributed by atoms with Crippen LogP contribution in [0.5, 0.6) is 11.5 Å². The van der Waals surface area contributed by atoms with E-state index in [9.17, 15) is 4.79 Å². The molecule has 0 unspecified atom stereocenters. The number of hydrogen-bond acceptors (Lipinski definition) is 4. The lowest BCUT2D eigenvalue weighted by Crippen LogP contribution is -2.09. The van der Waals surface area contributed by atoms with Gasteiger partial charge in [0.25, 0.3) is 0 Å². The first kappa shape index (κ1) is 13.0. The molecule has 0 radical (unpaired) electrons. The molecule has 0 aliphatic rings. The van der Waals surface area contributed by atoms with E-state index in [1.54, 1.807) is 49.6 Å². The van der Waals surface area contributed by atoms with E-state index in [0.717, 1.165) is 5.56 Å². The zero-order valence-corrected chi connectivity index (χ0v) is 10.8. The molecule has 2 aromatic rings. The van der Waals surface area contributed by atoms with Gasteiger partial charge < -0.3 is 15.2 Å². The molecule has 2 N–H and O–H groups in total. The van der Waals surface area contributed by atoms with Crippen molar-refractivity contribution in [1.29, 1.82) is 0 Å². The Morgan fingerprint density at radius 1 is 1.05 bits per heavy atom. The normalized spacial score (nSPS) is 10.0. The molecule has 0 saturated heterocycles. The van der Waals surface area contributed by atoms with E-state index >= 15 is 0 Å². The highest BCUT2D eigenvalue weighted by Crippen LogP contribution is 2.19. The minimum atomic E-state index is -0.433. The van der Waals surface area contributed by atoms with E-state index in [-0.39, 0.29) is 0 Å². The van der Waals surface area contributed by atoms with E-state index in [1.807, 2.05) is 6.92 Å². The summed E-state index contributed by atoms with van der Waals surface area (Å²) in [5.41, 5.74) is 7.70. The Kier molecular flexibility index (Phi) is 3.71. The second-order valence-electron chi connectivity index (χ2n) is 4.14. The molecule has 0 saturated carbocycles. The molecule has 98 valence electrons. The van der Waals surface area contributed by atoms with Crippen LogP contribution < -0.4 is 15.2 Å². The molecule has 2 aromatic carbocycles. The molecule has 2 rings (SSSR count). The summed E-state index contributed by atoms with van der Waals surface area (Å²) in [7, 11) is 1.58. The van der Waals surface area contributed by atoms with Crippen LogP contribution in [0.25, 0.3) is 0 Å². The van der Waals surface area contributed by atoms with Gasteiger partial charge in [0, 0.05) is 5.69 Å². The van der Waals surface area contributed by atoms with Gasteiger partial charge in [-0.05, 0) is 48.9 Å². The monoisotopic (exact) mass is 257 g/mol. The molecule has 4 nitrogen and oxygen atoms in total. The highest BCUT2D eigenvalue weighted by atomic mass is 16.5. The van der Waals surface area contributed by atoms with Gasteiger partial charge in [-0.25, -0.2) is 4.79 Å². The summed E-state index contributed by atoms with van der Waals surface area (Å²) in [6, 6.07) is 11.9. The fraction of sp³-hybridized carbons (Fsp3) is 0.133. The van der Waals surface area contributed by atoms with Crippen molar-refractivity contribution in [2.24, 2.45) is 0 Å². The second-order valence-corrected chi connectivity index (χ2v) is 4.14. The summed E-state index contributed by atoms with van der Waals surface area (Å²) in [6.07, 6.45) is 0. The molecule has 0 spiro atoms. The number of carbonyl (C=O) groups excluding carboxylic acids is 1. The summed E-state index contributed by atoms with van der Waals surface area (Å²) in [5, 5.41) is 0. The second kappa shape index (κ2) is 5.44. The Hall–Kier alpha value is -2.49. The number of anilines is 1. The Morgan fingerprint density at radius 3 is 2.26 bits per heavy atom. The standard InChI is InChI=1S/C15H15NO3/c1-10-3-4-11(9-14(10)16)15(17)19-13-7-5-12(18-2)6-8-13/h3-9H,16H2,1-2H3. The quantitative estimate of drug-likeness (QED) is 0.522. The maximum atomic E-state index is 11.9. The number of methoxy groups -OCH3 is 1. The summed E-state index contributed by atoms with van der Waals surface area (Å²) < 4.78 is 10.3. The predicted molar refractivity (Wildman–Crippen MR) is 73.5 cm³/mol. The van der Waals surface area contributed by atoms with Crippen molar-refractivity contribution in [3.8, 4) is 11.5 Å². The first-order valence-corrected chi connectivity index (χ1v) is 5.82. The maximum absolute atomic E-state index is 11.9. The van der Waals surface area contributed by atoms with Crippen LogP contribution in [0.1, 0.15) is 15.9 Å². The van der Waals surface area contributed by atoms with E-state index in [4.69, 9.17) is 15.2 Å². The van der Waals surface area contributed by atoms with Gasteiger partial charge in [-0.2, -0.15) is 0 Å². The number of rotatable bonds is 3. The van der Waals surface area contributed by atoms with Crippen LogP contribution in [-0.2, 0) is 0 Å². The van der Waals surface area contributed by atoms with E-state index in [1.165, 1.54) is 0 Å². The van der Waals surface area contributed by atoms with Crippen molar-refractivity contribution in [1.82, 2.24) is 0 Å². The van der Waals surface area contributed by atoms with Crippen molar-refractivity contribution in [2.75, 3.05) is 12.8 Å². The lowest BCUT2D eigenvalue weighted by atomic mass is 10.1. The maximum Gasteiger partial charge on any atom is 0.343 e. The van der Waals surface area contributed by atoms with Crippen LogP contribution in [0, 0.1) is 6.92 Å². The minimum Gasteiger partial charge on any atom is -0.497 e. The molecule has 0 heterocycles. The summed E-state index contributed by atoms with van der Waals surface area (Å²) in [4.78, 5) is 11.9. The number of nitrogens with two attached hydrogens (primary N) is 1. The highest BCUT2D eigenvalue weighted by Gasteiger charge is 2.09. The Labute approximate surface area is 111 Å². The molecule has 0 aliphatic carbocycles. The third kappa shape index (κ3) is 3.04. The molecule has 0 bridgehead atoms. The van der Waals surface area contributed by atoms with Crippen LogP contribution in [0.15, 0.2) is 42.5 Å². The molecule has 0 aliphatic heterocycles. The summed E-state index contributed by atoms with van der Waals surface area (Å²) in [5.74, 6) is 0.737. The van der Waals surface area contributed by atoms with Crippen LogP contribution >= 0.6 is 0 Å². The van der Waals surface area contributed by atoms with Crippen molar-refractivity contribution in [2.45, 2.75) is 6.92 Å². The molecule has 4 heteroatoms. The van der Waals surface area contributed by atoms with Crippen molar-refractivity contribution in [3.63, 3.8) is 0 Å². The van der Waals surface area contributed by atoms with Gasteiger partial charge in [-0.15, -0.1) is 0 Å². The van der Waals surface area contributed by atoms with Crippen LogP contribution in [0.4, 0.5) is 5.69 Å². The SMILES string of the molecule is COc1ccc(OC(=O)c2ccc(C)c(N)c2)cc1. The third-order valence-electron chi connectivity index (χ3n) is 2.78. The molecule has 0 amide bonds. The van der Waals surface area contributed by atoms with Gasteiger partial charge in [0.05, 0.1) is 12.7 Å². The zero-order valence-electron chi connectivity index (χ0n) is 10.8. The Bertz CT molecular complexity index is 591. The first-order valence-electron chi connectivity index (χ1n) is 5.82. The number of carbonyl (C=O) groups is 1. The van der Waals surface area contributed by atoms with Gasteiger partial charge in [0.15, 0.2) is 0 Å². The topological polar surface area (TPSA) is 61.5 Å². The number of ether oxygens (including phenoxy) is 2. The predicted octanol–water partition coefficient (Wildman–Crippen LogP) is 2.81. The van der Waals surface area contributed by atoms with Gasteiger partial charge >= 0.3 is 5.97 Å². The third-order valence-corrected chi connectivity index (χ3v) is 2.78. The zero-order chi connectivity index (χ0) is 13.8. The van der Waals surface area contributed by atoms with Crippen LogP contribution in [0.3, 0.4) is 0 Å². The largest absolute Gasteiger partial charge is 0.497 e. The average molecular weight is 257 g/mol. The van der Waals surface area contributed by atoms with Crippen molar-refractivity contribution in [3.05, 3.63) is 53.6 Å². The smallest absolute Gasteiger partial charge is 0.343 e. The van der Waals surface area contributed by atoms with Gasteiger partial charge in [0.1, 0.15) is 11.5 Å². The van der Waals surface area contributed by atoms with Gasteiger partial charge in [-0.1, -0.05) is 6.07 Å². The number of benzene rings is 2. The van der Waals surface area contributed by atoms with Crippen molar-refractivity contribution >= 4 is 11.7 Å². The lowest BCUT2D eigenvalue weighted by Gasteiger charge is -2.07. The summed E-state index contributed by atoms with van der Waals surface area (Å²) in [6.45, 7) is 1.88. The van der Waals surface area contributed by atoms with Crippen LogP contribution in [0.2, 0.25) is 0 Å². The summed E-state index contributed by atoms with van der Waals surface area (Å²) >= 11 is 0. The fourth-order valence-electron chi connectivity index (χ4n) is 1.58. The number of aryl methyl sites for hydroxylation is 1. The number of esters is 1. The molecular weight excluding hydrogens is 242 g/mol. The molecule has 19 heavy (non-hydrogen) atoms. The lowest BCUT2D eigenvalue weighted by molar-refractivity contribution is 0.0734. The minimum absolute atomic E-state index is 0.430. The Morgan fingerprint density at radius 2 is 1.68 bits per heavy atom. The van der Waals surface area contributed by atoms with E-state index < -0.39 is 5.97 Å². The van der Waals surface area contributed by atoms with Crippen molar-refractivity contribution < 1.29 is 14.3 Å². The van der Waals surface area contributed by atoms with Gasteiger partial charge in [-0.3, -0.25) is 0 Å². The van der Waals surface area contributed by atoms with Gasteiger partial charge in [0.2, 0.25) is 0 Å². The van der Waals surface area contributed by atoms with E-state index in [2.05, 4.69) is 0 Å². The molecule has 0 aromatic heterocycles. The average Bonchev–Trinajstić information content (AvgIpc) is 2.42. The Balaban J connectivity index is 2.13. The fourth-order valence-corrected chi connectivity index (χ4v) is 1.58. The van der Waals surface area contributed by atoms with Crippen LogP contribution in [-0.4, -0.2) is 13.1 Å². The number of hydrogen-bond donors (Lipinski definition) is 1. The molecular formula is C15H15NO3. The highest BCUT2D eigenvalue weighted by molar-refractivity contribution is 5.92. The first-order chi connectivity index (χ1) is 9.10. The number of nitrogen functional groups attached to an aromatic ring is 1. The molecule has 0 atom stereocenters. The molecule has 0 fully saturated rings.